The molecule has 0 spiro atoms. The second-order valence-corrected chi connectivity index (χ2v) is 5.19. The Hall–Kier alpha value is -2.34. The molecule has 0 amide bonds. The van der Waals surface area contributed by atoms with Crippen LogP contribution in [0.25, 0.3) is 5.57 Å². The van der Waals surface area contributed by atoms with Gasteiger partial charge in [-0.3, -0.25) is 0 Å². The van der Waals surface area contributed by atoms with Crippen molar-refractivity contribution in [3.63, 3.8) is 0 Å². The molecule has 1 radical (unpaired) electrons. The fraction of sp³-hybridized carbons (Fsp3) is 0.100. The molecule has 0 unspecified atom stereocenters. The van der Waals surface area contributed by atoms with Crippen LogP contribution in [-0.4, -0.2) is 0 Å². The van der Waals surface area contributed by atoms with E-state index < -0.39 is 0 Å². The van der Waals surface area contributed by atoms with Crippen LogP contribution in [-0.2, 0) is 0 Å². The summed E-state index contributed by atoms with van der Waals surface area (Å²) in [7, 11) is 0. The van der Waals surface area contributed by atoms with E-state index in [1.165, 1.54) is 27.8 Å². The Morgan fingerprint density at radius 1 is 0.750 bits per heavy atom. The van der Waals surface area contributed by atoms with Gasteiger partial charge in [-0.25, -0.2) is 0 Å². The van der Waals surface area contributed by atoms with Crippen LogP contribution in [0.1, 0.15) is 22.3 Å². The summed E-state index contributed by atoms with van der Waals surface area (Å²) in [6.07, 6.45) is 9.46. The summed E-state index contributed by atoms with van der Waals surface area (Å²) in [6, 6.07) is 17.4. The molecule has 97 valence electrons. The van der Waals surface area contributed by atoms with E-state index in [-0.39, 0.29) is 0 Å². The van der Waals surface area contributed by atoms with Gasteiger partial charge < -0.3 is 0 Å². The van der Waals surface area contributed by atoms with E-state index in [1.54, 1.807) is 0 Å². The fourth-order valence-corrected chi connectivity index (χ4v) is 2.40. The first-order chi connectivity index (χ1) is 9.74. The van der Waals surface area contributed by atoms with Gasteiger partial charge in [0.25, 0.3) is 0 Å². The molecule has 20 heavy (non-hydrogen) atoms. The lowest BCUT2D eigenvalue weighted by Gasteiger charge is -2.11. The standard InChI is InChI=1S/C20H17/c1-15-7-11-18(12-8-15)20(17-5-3-4-6-17)19-13-9-16(2)10-14-19/h3-5,7-14H,1-2H3. The Balaban J connectivity index is 2.17. The molecule has 0 bridgehead atoms. The molecule has 0 aliphatic heterocycles. The van der Waals surface area contributed by atoms with Gasteiger partial charge in [-0.15, -0.1) is 0 Å². The third-order valence-electron chi connectivity index (χ3n) is 3.55. The number of aryl methyl sites for hydroxylation is 2. The molecule has 1 aliphatic carbocycles. The highest BCUT2D eigenvalue weighted by Gasteiger charge is 2.10. The zero-order valence-corrected chi connectivity index (χ0v) is 11.9. The van der Waals surface area contributed by atoms with E-state index in [9.17, 15) is 0 Å². The average molecular weight is 257 g/mol. The van der Waals surface area contributed by atoms with Crippen molar-refractivity contribution >= 4 is 5.57 Å². The summed E-state index contributed by atoms with van der Waals surface area (Å²) < 4.78 is 0. The van der Waals surface area contributed by atoms with Crippen molar-refractivity contribution in [2.75, 3.05) is 0 Å². The number of allylic oxidation sites excluding steroid dienone is 5. The summed E-state index contributed by atoms with van der Waals surface area (Å²) in [4.78, 5) is 0. The van der Waals surface area contributed by atoms with E-state index in [0.29, 0.717) is 0 Å². The van der Waals surface area contributed by atoms with Crippen molar-refractivity contribution in [1.29, 1.82) is 0 Å². The van der Waals surface area contributed by atoms with Gasteiger partial charge in [-0.1, -0.05) is 77.9 Å². The SMILES string of the molecule is Cc1ccc(C(=C2[C]=CC=C2)c2ccc(C)cc2)cc1. The summed E-state index contributed by atoms with van der Waals surface area (Å²) in [6.45, 7) is 4.23. The van der Waals surface area contributed by atoms with Gasteiger partial charge in [0.2, 0.25) is 0 Å². The Kier molecular flexibility index (Phi) is 3.39. The van der Waals surface area contributed by atoms with Gasteiger partial charge in [0, 0.05) is 0 Å². The maximum atomic E-state index is 3.33. The van der Waals surface area contributed by atoms with Gasteiger partial charge in [0.1, 0.15) is 0 Å². The minimum Gasteiger partial charge on any atom is -0.0610 e. The van der Waals surface area contributed by atoms with Crippen LogP contribution in [0.3, 0.4) is 0 Å². The molecular weight excluding hydrogens is 240 g/mol. The van der Waals surface area contributed by atoms with Crippen LogP contribution in [0.4, 0.5) is 0 Å². The lowest BCUT2D eigenvalue weighted by molar-refractivity contribution is 1.42. The average Bonchev–Trinajstić information content (AvgIpc) is 2.97. The minimum atomic E-state index is 1.15. The number of rotatable bonds is 2. The molecule has 2 aromatic rings. The van der Waals surface area contributed by atoms with Gasteiger partial charge in [0.05, 0.1) is 0 Å². The highest BCUT2D eigenvalue weighted by atomic mass is 14.1. The lowest BCUT2D eigenvalue weighted by Crippen LogP contribution is -1.92. The highest BCUT2D eigenvalue weighted by Crippen LogP contribution is 2.30. The molecule has 2 aromatic carbocycles. The van der Waals surface area contributed by atoms with Crippen LogP contribution < -0.4 is 0 Å². The number of benzene rings is 2. The third-order valence-corrected chi connectivity index (χ3v) is 3.55. The maximum absolute atomic E-state index is 3.33. The van der Waals surface area contributed by atoms with Gasteiger partial charge in [-0.05, 0) is 42.2 Å². The van der Waals surface area contributed by atoms with Crippen LogP contribution in [0, 0.1) is 19.9 Å². The van der Waals surface area contributed by atoms with Crippen molar-refractivity contribution < 1.29 is 0 Å². The first-order valence-electron chi connectivity index (χ1n) is 6.89. The molecule has 0 heteroatoms. The first-order valence-corrected chi connectivity index (χ1v) is 6.89. The van der Waals surface area contributed by atoms with E-state index in [4.69, 9.17) is 0 Å². The Morgan fingerprint density at radius 2 is 1.25 bits per heavy atom. The fourth-order valence-electron chi connectivity index (χ4n) is 2.40. The second kappa shape index (κ2) is 5.34. The smallest absolute Gasteiger partial charge is 0.00326 e. The molecule has 0 aromatic heterocycles. The van der Waals surface area contributed by atoms with Crippen molar-refractivity contribution in [2.45, 2.75) is 13.8 Å². The lowest BCUT2D eigenvalue weighted by atomic mass is 9.92. The van der Waals surface area contributed by atoms with Crippen LogP contribution in [0.15, 0.2) is 72.3 Å². The number of hydrogen-bond acceptors (Lipinski definition) is 0. The number of hydrogen-bond donors (Lipinski definition) is 0. The molecule has 0 fully saturated rings. The topological polar surface area (TPSA) is 0 Å². The zero-order chi connectivity index (χ0) is 13.9. The zero-order valence-electron chi connectivity index (χ0n) is 11.9. The highest BCUT2D eigenvalue weighted by molar-refractivity contribution is 5.85. The predicted molar refractivity (Wildman–Crippen MR) is 85.3 cm³/mol. The van der Waals surface area contributed by atoms with Crippen molar-refractivity contribution in [1.82, 2.24) is 0 Å². The molecule has 0 saturated carbocycles. The molecular formula is C20H17. The maximum Gasteiger partial charge on any atom is -0.00326 e. The Morgan fingerprint density at radius 3 is 1.65 bits per heavy atom. The summed E-state index contributed by atoms with van der Waals surface area (Å²) >= 11 is 0. The molecule has 0 saturated heterocycles. The van der Waals surface area contributed by atoms with E-state index in [1.807, 2.05) is 12.2 Å². The van der Waals surface area contributed by atoms with Crippen LogP contribution >= 0.6 is 0 Å². The molecule has 1 aliphatic rings. The van der Waals surface area contributed by atoms with E-state index in [2.05, 4.69) is 74.5 Å². The summed E-state index contributed by atoms with van der Waals surface area (Å²) in [5, 5.41) is 0. The minimum absolute atomic E-state index is 1.15. The molecule has 0 nitrogen and oxygen atoms in total. The summed E-state index contributed by atoms with van der Waals surface area (Å²) in [5.74, 6) is 0. The molecule has 3 rings (SSSR count). The van der Waals surface area contributed by atoms with Crippen LogP contribution in [0.2, 0.25) is 0 Å². The monoisotopic (exact) mass is 257 g/mol. The second-order valence-electron chi connectivity index (χ2n) is 5.19. The Labute approximate surface area is 120 Å². The molecule has 0 N–H and O–H groups in total. The van der Waals surface area contributed by atoms with Gasteiger partial charge in [0.15, 0.2) is 0 Å². The predicted octanol–water partition coefficient (Wildman–Crippen LogP) is 5.03. The Bertz CT molecular complexity index is 631. The largest absolute Gasteiger partial charge is 0.0610 e. The van der Waals surface area contributed by atoms with Crippen LogP contribution in [0.5, 0.6) is 0 Å². The van der Waals surface area contributed by atoms with E-state index in [0.717, 1.165) is 5.57 Å². The molecule has 0 atom stereocenters. The summed E-state index contributed by atoms with van der Waals surface area (Å²) in [5.41, 5.74) is 7.43. The van der Waals surface area contributed by atoms with Gasteiger partial charge in [-0.2, -0.15) is 0 Å². The quantitative estimate of drug-likeness (QED) is 0.707. The van der Waals surface area contributed by atoms with E-state index >= 15 is 0 Å². The van der Waals surface area contributed by atoms with Crippen molar-refractivity contribution in [3.05, 3.63) is 101 Å². The third kappa shape index (κ3) is 2.50. The normalized spacial score (nSPS) is 13.0. The van der Waals surface area contributed by atoms with Crippen molar-refractivity contribution in [2.24, 2.45) is 0 Å². The van der Waals surface area contributed by atoms with Crippen molar-refractivity contribution in [3.8, 4) is 0 Å². The first kappa shape index (κ1) is 12.7. The van der Waals surface area contributed by atoms with Gasteiger partial charge >= 0.3 is 0 Å². The molecule has 0 heterocycles.